The molecule has 3 heterocycles. The van der Waals surface area contributed by atoms with Crippen molar-refractivity contribution in [1.82, 2.24) is 4.90 Å². The van der Waals surface area contributed by atoms with E-state index in [1.807, 2.05) is 49.1 Å². The molecule has 3 aliphatic rings. The Morgan fingerprint density at radius 1 is 1.03 bits per heavy atom. The fourth-order valence-electron chi connectivity index (χ4n) is 5.45. The first kappa shape index (κ1) is 21.7. The third-order valence-electron chi connectivity index (χ3n) is 6.96. The molecule has 2 aromatic rings. The normalized spacial score (nSPS) is 25.5. The second-order valence-electron chi connectivity index (χ2n) is 8.94. The highest BCUT2D eigenvalue weighted by atomic mass is 35.5. The number of nitrogens with zero attached hydrogens (tertiary/aromatic N) is 2. The number of carbonyl (C=O) groups excluding carboxylic acids is 3. The number of imide groups is 1. The van der Waals surface area contributed by atoms with E-state index in [0.717, 1.165) is 29.7 Å². The summed E-state index contributed by atoms with van der Waals surface area (Å²) >= 11 is 5.99. The second kappa shape index (κ2) is 8.34. The van der Waals surface area contributed by atoms with Crippen molar-refractivity contribution >= 4 is 46.3 Å². The van der Waals surface area contributed by atoms with Crippen LogP contribution >= 0.6 is 11.6 Å². The van der Waals surface area contributed by atoms with Gasteiger partial charge < -0.3 is 10.2 Å². The van der Waals surface area contributed by atoms with Gasteiger partial charge in [-0.1, -0.05) is 49.2 Å². The van der Waals surface area contributed by atoms with E-state index in [2.05, 4.69) is 5.32 Å². The lowest BCUT2D eigenvalue weighted by Gasteiger charge is -2.37. The number of nitrogens with one attached hydrogen (secondary N) is 1. The van der Waals surface area contributed by atoms with Crippen molar-refractivity contribution in [1.29, 1.82) is 0 Å². The maximum absolute atomic E-state index is 13.7. The number of likely N-dealkylation sites (tertiary alicyclic amines) is 1. The first-order chi connectivity index (χ1) is 15.9. The van der Waals surface area contributed by atoms with E-state index in [-0.39, 0.29) is 23.8 Å². The van der Waals surface area contributed by atoms with E-state index in [9.17, 15) is 14.4 Å². The molecular formula is C26H26ClN3O3. The SMILES string of the molecule is CCCCN1C(=O)[C@@H]2[C@@H](C1=O)[C@@H]1C=C(C)c3ccccc3N1[C@@H]2C(=O)Nc1ccc(Cl)cc1. The van der Waals surface area contributed by atoms with Gasteiger partial charge in [0.25, 0.3) is 0 Å². The third kappa shape index (κ3) is 3.44. The maximum Gasteiger partial charge on any atom is 0.247 e. The van der Waals surface area contributed by atoms with Crippen LogP contribution in [-0.2, 0) is 14.4 Å². The largest absolute Gasteiger partial charge is 0.351 e. The van der Waals surface area contributed by atoms with E-state index >= 15 is 0 Å². The summed E-state index contributed by atoms with van der Waals surface area (Å²) in [6.45, 7) is 4.45. The summed E-state index contributed by atoms with van der Waals surface area (Å²) in [7, 11) is 0. The Morgan fingerprint density at radius 2 is 1.73 bits per heavy atom. The summed E-state index contributed by atoms with van der Waals surface area (Å²) in [5, 5.41) is 3.52. The molecule has 2 saturated heterocycles. The maximum atomic E-state index is 13.7. The molecule has 2 fully saturated rings. The average molecular weight is 464 g/mol. The zero-order valence-corrected chi connectivity index (χ0v) is 19.4. The Hall–Kier alpha value is -3.12. The summed E-state index contributed by atoms with van der Waals surface area (Å²) < 4.78 is 0. The standard InChI is InChI=1S/C26H26ClN3O3/c1-3-4-13-29-25(32)21-20-14-15(2)18-7-5-6-8-19(18)30(20)23(22(21)26(29)33)24(31)28-17-11-9-16(27)10-12-17/h5-12,14,20-23H,3-4,13H2,1-2H3,(H,28,31)/t20-,21-,22+,23-/m0/s1. The van der Waals surface area contributed by atoms with Crippen LogP contribution in [0.3, 0.4) is 0 Å². The van der Waals surface area contributed by atoms with E-state index < -0.39 is 17.9 Å². The minimum absolute atomic E-state index is 0.168. The predicted octanol–water partition coefficient (Wildman–Crippen LogP) is 4.35. The summed E-state index contributed by atoms with van der Waals surface area (Å²) in [6.07, 6.45) is 3.68. The van der Waals surface area contributed by atoms with Gasteiger partial charge in [0.05, 0.1) is 17.9 Å². The molecule has 0 spiro atoms. The van der Waals surface area contributed by atoms with Crippen molar-refractivity contribution < 1.29 is 14.4 Å². The first-order valence-corrected chi connectivity index (χ1v) is 11.8. The molecule has 0 aromatic heterocycles. The fourth-order valence-corrected chi connectivity index (χ4v) is 5.57. The highest BCUT2D eigenvalue weighted by molar-refractivity contribution is 6.30. The number of hydrogen-bond acceptors (Lipinski definition) is 4. The number of rotatable bonds is 5. The number of benzene rings is 2. The molecule has 0 radical (unpaired) electrons. The number of para-hydroxylation sites is 1. The van der Waals surface area contributed by atoms with Crippen molar-refractivity contribution in [2.75, 3.05) is 16.8 Å². The monoisotopic (exact) mass is 463 g/mol. The quantitative estimate of drug-likeness (QED) is 0.669. The molecule has 1 N–H and O–H groups in total. The Labute approximate surface area is 198 Å². The van der Waals surface area contributed by atoms with Crippen LogP contribution in [0.15, 0.2) is 54.6 Å². The van der Waals surface area contributed by atoms with Gasteiger partial charge in [0.15, 0.2) is 0 Å². The van der Waals surface area contributed by atoms with Crippen LogP contribution in [0.25, 0.3) is 5.57 Å². The molecule has 33 heavy (non-hydrogen) atoms. The number of carbonyl (C=O) groups is 3. The van der Waals surface area contributed by atoms with Crippen LogP contribution in [0.1, 0.15) is 32.3 Å². The number of allylic oxidation sites excluding steroid dienone is 1. The van der Waals surface area contributed by atoms with Gasteiger partial charge in [-0.2, -0.15) is 0 Å². The minimum Gasteiger partial charge on any atom is -0.351 e. The molecule has 170 valence electrons. The summed E-state index contributed by atoms with van der Waals surface area (Å²) in [5.41, 5.74) is 3.55. The van der Waals surface area contributed by atoms with Crippen molar-refractivity contribution in [3.63, 3.8) is 0 Å². The zero-order chi connectivity index (χ0) is 23.3. The molecule has 4 atom stereocenters. The molecule has 6 nitrogen and oxygen atoms in total. The Morgan fingerprint density at radius 3 is 2.45 bits per heavy atom. The summed E-state index contributed by atoms with van der Waals surface area (Å²) in [5.74, 6) is -2.00. The molecule has 5 rings (SSSR count). The van der Waals surface area contributed by atoms with Crippen LogP contribution in [-0.4, -0.2) is 41.2 Å². The topological polar surface area (TPSA) is 69.7 Å². The van der Waals surface area contributed by atoms with Crippen LogP contribution in [0.2, 0.25) is 5.02 Å². The van der Waals surface area contributed by atoms with E-state index in [1.54, 1.807) is 24.3 Å². The fraction of sp³-hybridized carbons (Fsp3) is 0.346. The van der Waals surface area contributed by atoms with Gasteiger partial charge in [0.2, 0.25) is 17.7 Å². The molecular weight excluding hydrogens is 438 g/mol. The van der Waals surface area contributed by atoms with Crippen molar-refractivity contribution in [2.45, 2.75) is 38.8 Å². The van der Waals surface area contributed by atoms with E-state index in [1.165, 1.54) is 4.90 Å². The van der Waals surface area contributed by atoms with Crippen LogP contribution in [0.4, 0.5) is 11.4 Å². The van der Waals surface area contributed by atoms with E-state index in [0.29, 0.717) is 17.3 Å². The smallest absolute Gasteiger partial charge is 0.247 e. The first-order valence-electron chi connectivity index (χ1n) is 11.4. The third-order valence-corrected chi connectivity index (χ3v) is 7.21. The van der Waals surface area contributed by atoms with Crippen molar-refractivity contribution in [3.05, 3.63) is 65.2 Å². The van der Waals surface area contributed by atoms with Crippen LogP contribution < -0.4 is 10.2 Å². The number of unbranched alkanes of at least 4 members (excludes halogenated alkanes) is 1. The number of amides is 3. The van der Waals surface area contributed by atoms with Gasteiger partial charge in [0, 0.05) is 28.5 Å². The molecule has 2 aromatic carbocycles. The van der Waals surface area contributed by atoms with Gasteiger partial charge in [-0.25, -0.2) is 0 Å². The molecule has 0 unspecified atom stereocenters. The molecule has 3 aliphatic heterocycles. The lowest BCUT2D eigenvalue weighted by molar-refractivity contribution is -0.141. The van der Waals surface area contributed by atoms with Crippen LogP contribution in [0.5, 0.6) is 0 Å². The number of halogens is 1. The van der Waals surface area contributed by atoms with Crippen molar-refractivity contribution in [2.24, 2.45) is 11.8 Å². The molecule has 0 aliphatic carbocycles. The minimum atomic E-state index is -0.788. The van der Waals surface area contributed by atoms with Gasteiger partial charge in [-0.05, 0) is 49.2 Å². The van der Waals surface area contributed by atoms with Gasteiger partial charge in [-0.15, -0.1) is 0 Å². The zero-order valence-electron chi connectivity index (χ0n) is 18.6. The summed E-state index contributed by atoms with van der Waals surface area (Å²) in [4.78, 5) is 44.0. The van der Waals surface area contributed by atoms with Gasteiger partial charge in [-0.3, -0.25) is 19.3 Å². The highest BCUT2D eigenvalue weighted by Gasteiger charge is 2.64. The molecule has 3 amide bonds. The van der Waals surface area contributed by atoms with Gasteiger partial charge in [0.1, 0.15) is 6.04 Å². The molecule has 0 bridgehead atoms. The lowest BCUT2D eigenvalue weighted by atomic mass is 9.87. The molecule has 7 heteroatoms. The Balaban J connectivity index is 1.57. The predicted molar refractivity (Wildman–Crippen MR) is 129 cm³/mol. The highest BCUT2D eigenvalue weighted by Crippen LogP contribution is 2.50. The summed E-state index contributed by atoms with van der Waals surface area (Å²) in [6, 6.07) is 13.6. The molecule has 0 saturated carbocycles. The number of fused-ring (bicyclic) bond motifs is 5. The van der Waals surface area contributed by atoms with E-state index in [4.69, 9.17) is 11.6 Å². The lowest BCUT2D eigenvalue weighted by Crippen LogP contribution is -2.50. The Kier molecular flexibility index (Phi) is 5.49. The number of anilines is 2. The number of hydrogen-bond donors (Lipinski definition) is 1. The second-order valence-corrected chi connectivity index (χ2v) is 9.38. The van der Waals surface area contributed by atoms with Gasteiger partial charge >= 0.3 is 0 Å². The van der Waals surface area contributed by atoms with Crippen molar-refractivity contribution in [3.8, 4) is 0 Å². The Bertz CT molecular complexity index is 1160. The average Bonchev–Trinajstić information content (AvgIpc) is 3.27. The van der Waals surface area contributed by atoms with Crippen LogP contribution in [0, 0.1) is 11.8 Å².